The van der Waals surface area contributed by atoms with E-state index in [1.165, 1.54) is 11.1 Å². The highest BCUT2D eigenvalue weighted by atomic mass is 14.9. The first-order valence-corrected chi connectivity index (χ1v) is 5.21. The van der Waals surface area contributed by atoms with E-state index in [1.807, 2.05) is 0 Å². The lowest BCUT2D eigenvalue weighted by Gasteiger charge is -2.25. The smallest absolute Gasteiger partial charge is 0.0841 e. The van der Waals surface area contributed by atoms with Crippen LogP contribution in [0.1, 0.15) is 25.0 Å². The molecule has 0 bridgehead atoms. The molecule has 0 aliphatic rings. The Hall–Kier alpha value is -1.33. The van der Waals surface area contributed by atoms with Crippen LogP contribution in [-0.4, -0.2) is 13.1 Å². The van der Waals surface area contributed by atoms with Crippen molar-refractivity contribution in [2.45, 2.75) is 26.2 Å². The second kappa shape index (κ2) is 4.95. The lowest BCUT2D eigenvalue weighted by atomic mass is 9.84. The fraction of sp³-hybridized carbons (Fsp3) is 0.462. The summed E-state index contributed by atoms with van der Waals surface area (Å²) in [6, 6.07) is 10.7. The first-order chi connectivity index (χ1) is 7.06. The van der Waals surface area contributed by atoms with Gasteiger partial charge in [-0.1, -0.05) is 43.7 Å². The Kier molecular flexibility index (Phi) is 3.88. The van der Waals surface area contributed by atoms with Gasteiger partial charge in [0.15, 0.2) is 0 Å². The summed E-state index contributed by atoms with van der Waals surface area (Å²) in [6.45, 7) is 7.69. The minimum absolute atomic E-state index is 0.0740. The van der Waals surface area contributed by atoms with E-state index >= 15 is 0 Å². The van der Waals surface area contributed by atoms with Gasteiger partial charge < -0.3 is 5.32 Å². The molecule has 1 aromatic rings. The Bertz CT molecular complexity index is 344. The molecular formula is C13H18N2. The van der Waals surface area contributed by atoms with Crippen LogP contribution >= 0.6 is 0 Å². The molecule has 0 spiro atoms. The van der Waals surface area contributed by atoms with E-state index in [1.54, 1.807) is 0 Å². The molecule has 0 aliphatic heterocycles. The van der Waals surface area contributed by atoms with Gasteiger partial charge in [0.1, 0.15) is 0 Å². The molecule has 2 nitrogen and oxygen atoms in total. The Balaban J connectivity index is 2.68. The van der Waals surface area contributed by atoms with Gasteiger partial charge in [0.2, 0.25) is 0 Å². The molecule has 0 heterocycles. The Morgan fingerprint density at radius 3 is 2.40 bits per heavy atom. The highest BCUT2D eigenvalue weighted by Crippen LogP contribution is 2.22. The van der Waals surface area contributed by atoms with Crippen molar-refractivity contribution in [1.29, 1.82) is 5.26 Å². The molecule has 0 atom stereocenters. The molecule has 1 rings (SSSR count). The molecule has 0 aromatic heterocycles. The number of nitrogens with one attached hydrogen (secondary N) is 1. The molecule has 0 radical (unpaired) electrons. The van der Waals surface area contributed by atoms with Gasteiger partial charge in [-0.3, -0.25) is 0 Å². The van der Waals surface area contributed by atoms with Gasteiger partial charge >= 0.3 is 0 Å². The summed E-state index contributed by atoms with van der Waals surface area (Å²) in [5.74, 6) is 0. The first kappa shape index (κ1) is 11.7. The minimum Gasteiger partial charge on any atom is -0.304 e. The normalized spacial score (nSPS) is 11.1. The van der Waals surface area contributed by atoms with Gasteiger partial charge in [0, 0.05) is 12.0 Å². The number of benzene rings is 1. The van der Waals surface area contributed by atoms with Crippen molar-refractivity contribution in [3.63, 3.8) is 0 Å². The molecule has 1 aromatic carbocycles. The SMILES string of the molecule is Cc1ccc(C(C)(C)CNCC#N)cc1. The second-order valence-corrected chi connectivity index (χ2v) is 4.51. The topological polar surface area (TPSA) is 35.8 Å². The van der Waals surface area contributed by atoms with Crippen molar-refractivity contribution in [3.05, 3.63) is 35.4 Å². The fourth-order valence-corrected chi connectivity index (χ4v) is 1.54. The predicted octanol–water partition coefficient (Wildman–Crippen LogP) is 2.39. The molecule has 2 heteroatoms. The molecule has 0 fully saturated rings. The highest BCUT2D eigenvalue weighted by molar-refractivity contribution is 5.27. The summed E-state index contributed by atoms with van der Waals surface area (Å²) in [5.41, 5.74) is 2.66. The van der Waals surface area contributed by atoms with E-state index in [2.05, 4.69) is 56.4 Å². The summed E-state index contributed by atoms with van der Waals surface area (Å²) in [6.07, 6.45) is 0. The van der Waals surface area contributed by atoms with E-state index < -0.39 is 0 Å². The zero-order valence-electron chi connectivity index (χ0n) is 9.67. The van der Waals surface area contributed by atoms with Crippen molar-refractivity contribution in [3.8, 4) is 6.07 Å². The van der Waals surface area contributed by atoms with Crippen LogP contribution in [0, 0.1) is 18.3 Å². The molecule has 0 saturated heterocycles. The monoisotopic (exact) mass is 202 g/mol. The van der Waals surface area contributed by atoms with Crippen LogP contribution in [0.3, 0.4) is 0 Å². The van der Waals surface area contributed by atoms with Crippen LogP contribution in [0.15, 0.2) is 24.3 Å². The summed E-state index contributed by atoms with van der Waals surface area (Å²) in [5, 5.41) is 11.6. The van der Waals surface area contributed by atoms with E-state index in [4.69, 9.17) is 5.26 Å². The molecule has 15 heavy (non-hydrogen) atoms. The fourth-order valence-electron chi connectivity index (χ4n) is 1.54. The molecule has 80 valence electrons. The summed E-state index contributed by atoms with van der Waals surface area (Å²) >= 11 is 0. The number of aryl methyl sites for hydroxylation is 1. The van der Waals surface area contributed by atoms with Crippen LogP contribution in [0.2, 0.25) is 0 Å². The molecule has 1 N–H and O–H groups in total. The predicted molar refractivity (Wildman–Crippen MR) is 62.7 cm³/mol. The molecule has 0 unspecified atom stereocenters. The van der Waals surface area contributed by atoms with Gasteiger partial charge in [-0.05, 0) is 12.5 Å². The molecule has 0 saturated carbocycles. The van der Waals surface area contributed by atoms with E-state index in [-0.39, 0.29) is 5.41 Å². The van der Waals surface area contributed by atoms with Gasteiger partial charge in [-0.15, -0.1) is 0 Å². The maximum Gasteiger partial charge on any atom is 0.0841 e. The van der Waals surface area contributed by atoms with Crippen LogP contribution in [0.25, 0.3) is 0 Å². The maximum atomic E-state index is 8.46. The number of nitriles is 1. The second-order valence-electron chi connectivity index (χ2n) is 4.51. The average molecular weight is 202 g/mol. The Labute approximate surface area is 91.9 Å². The van der Waals surface area contributed by atoms with Gasteiger partial charge in [0.05, 0.1) is 12.6 Å². The summed E-state index contributed by atoms with van der Waals surface area (Å²) in [7, 11) is 0. The van der Waals surface area contributed by atoms with Crippen LogP contribution in [0.5, 0.6) is 0 Å². The van der Waals surface area contributed by atoms with Crippen molar-refractivity contribution in [2.24, 2.45) is 0 Å². The summed E-state index contributed by atoms with van der Waals surface area (Å²) in [4.78, 5) is 0. The quantitative estimate of drug-likeness (QED) is 0.601. The number of hydrogen-bond donors (Lipinski definition) is 1. The lowest BCUT2D eigenvalue weighted by Crippen LogP contribution is -2.33. The number of hydrogen-bond acceptors (Lipinski definition) is 2. The zero-order valence-corrected chi connectivity index (χ0v) is 9.67. The summed E-state index contributed by atoms with van der Waals surface area (Å²) < 4.78 is 0. The van der Waals surface area contributed by atoms with Crippen molar-refractivity contribution < 1.29 is 0 Å². The van der Waals surface area contributed by atoms with E-state index in [0.717, 1.165) is 6.54 Å². The first-order valence-electron chi connectivity index (χ1n) is 5.21. The van der Waals surface area contributed by atoms with Crippen molar-refractivity contribution in [2.75, 3.05) is 13.1 Å². The zero-order chi connectivity index (χ0) is 11.3. The molecule has 0 amide bonds. The molecule has 0 aliphatic carbocycles. The third-order valence-electron chi connectivity index (χ3n) is 2.60. The van der Waals surface area contributed by atoms with E-state index in [0.29, 0.717) is 6.54 Å². The van der Waals surface area contributed by atoms with E-state index in [9.17, 15) is 0 Å². The van der Waals surface area contributed by atoms with Gasteiger partial charge in [-0.2, -0.15) is 5.26 Å². The van der Waals surface area contributed by atoms with Gasteiger partial charge in [-0.25, -0.2) is 0 Å². The highest BCUT2D eigenvalue weighted by Gasteiger charge is 2.19. The molecular weight excluding hydrogens is 184 g/mol. The van der Waals surface area contributed by atoms with Crippen molar-refractivity contribution in [1.82, 2.24) is 5.32 Å². The number of rotatable bonds is 4. The van der Waals surface area contributed by atoms with Crippen LogP contribution in [-0.2, 0) is 5.41 Å². The van der Waals surface area contributed by atoms with Gasteiger partial charge in [0.25, 0.3) is 0 Å². The largest absolute Gasteiger partial charge is 0.304 e. The Morgan fingerprint density at radius 2 is 1.87 bits per heavy atom. The minimum atomic E-state index is 0.0740. The Morgan fingerprint density at radius 1 is 1.27 bits per heavy atom. The average Bonchev–Trinajstić information content (AvgIpc) is 2.18. The van der Waals surface area contributed by atoms with Crippen LogP contribution in [0.4, 0.5) is 0 Å². The third kappa shape index (κ3) is 3.38. The number of nitrogens with zero attached hydrogens (tertiary/aromatic N) is 1. The lowest BCUT2D eigenvalue weighted by molar-refractivity contribution is 0.484. The van der Waals surface area contributed by atoms with Crippen LogP contribution < -0.4 is 5.32 Å². The third-order valence-corrected chi connectivity index (χ3v) is 2.60. The standard InChI is InChI=1S/C13H18N2/c1-11-4-6-12(7-5-11)13(2,3)10-15-9-8-14/h4-7,15H,9-10H2,1-3H3. The van der Waals surface area contributed by atoms with Crippen molar-refractivity contribution >= 4 is 0 Å². The maximum absolute atomic E-state index is 8.46.